The first kappa shape index (κ1) is 16.0. The van der Waals surface area contributed by atoms with Crippen molar-refractivity contribution in [2.75, 3.05) is 13.2 Å². The predicted molar refractivity (Wildman–Crippen MR) is 79.7 cm³/mol. The SMILES string of the molecule is CCCOc1ccc(C(=O)OCCC(C)C)cc1Br. The Bertz CT molecular complexity index is 416. The van der Waals surface area contributed by atoms with Crippen LogP contribution in [0.25, 0.3) is 0 Å². The van der Waals surface area contributed by atoms with E-state index in [9.17, 15) is 4.79 Å². The first-order chi connectivity index (χ1) is 9.04. The molecule has 0 N–H and O–H groups in total. The largest absolute Gasteiger partial charge is 0.492 e. The predicted octanol–water partition coefficient (Wildman–Crippen LogP) is 4.44. The summed E-state index contributed by atoms with van der Waals surface area (Å²) in [6, 6.07) is 5.26. The summed E-state index contributed by atoms with van der Waals surface area (Å²) in [5.74, 6) is 0.994. The summed E-state index contributed by atoms with van der Waals surface area (Å²) in [4.78, 5) is 11.8. The average molecular weight is 329 g/mol. The van der Waals surface area contributed by atoms with Gasteiger partial charge in [-0.1, -0.05) is 20.8 Å². The van der Waals surface area contributed by atoms with Crippen molar-refractivity contribution in [1.29, 1.82) is 0 Å². The summed E-state index contributed by atoms with van der Waals surface area (Å²) in [6.45, 7) is 7.38. The normalized spacial score (nSPS) is 10.6. The van der Waals surface area contributed by atoms with Gasteiger partial charge in [0.25, 0.3) is 0 Å². The number of carbonyl (C=O) groups is 1. The fourth-order valence-corrected chi connectivity index (χ4v) is 1.92. The highest BCUT2D eigenvalue weighted by Crippen LogP contribution is 2.26. The molecule has 1 aromatic carbocycles. The molecule has 4 heteroatoms. The summed E-state index contributed by atoms with van der Waals surface area (Å²) in [5, 5.41) is 0. The van der Waals surface area contributed by atoms with Crippen LogP contribution in [-0.2, 0) is 4.74 Å². The number of hydrogen-bond donors (Lipinski definition) is 0. The Morgan fingerprint density at radius 3 is 2.63 bits per heavy atom. The van der Waals surface area contributed by atoms with Gasteiger partial charge in [0, 0.05) is 0 Å². The molecule has 0 heterocycles. The minimum atomic E-state index is -0.289. The number of carbonyl (C=O) groups excluding carboxylic acids is 1. The lowest BCUT2D eigenvalue weighted by molar-refractivity contribution is 0.0488. The molecule has 1 rings (SSSR count). The van der Waals surface area contributed by atoms with Crippen molar-refractivity contribution in [2.24, 2.45) is 5.92 Å². The molecule has 0 radical (unpaired) electrons. The third-order valence-electron chi connectivity index (χ3n) is 2.56. The quantitative estimate of drug-likeness (QED) is 0.694. The Hall–Kier alpha value is -1.03. The van der Waals surface area contributed by atoms with Crippen LogP contribution >= 0.6 is 15.9 Å². The zero-order chi connectivity index (χ0) is 14.3. The van der Waals surface area contributed by atoms with Gasteiger partial charge < -0.3 is 9.47 Å². The topological polar surface area (TPSA) is 35.5 Å². The van der Waals surface area contributed by atoms with Crippen molar-refractivity contribution < 1.29 is 14.3 Å². The third kappa shape index (κ3) is 5.64. The van der Waals surface area contributed by atoms with Gasteiger partial charge in [0.05, 0.1) is 23.2 Å². The standard InChI is InChI=1S/C15H21BrO3/c1-4-8-18-14-6-5-12(10-13(14)16)15(17)19-9-7-11(2)3/h5-6,10-11H,4,7-9H2,1-3H3. The van der Waals surface area contributed by atoms with Crippen LogP contribution in [0, 0.1) is 5.92 Å². The zero-order valence-corrected chi connectivity index (χ0v) is 13.3. The van der Waals surface area contributed by atoms with Crippen LogP contribution in [0.4, 0.5) is 0 Å². The molecule has 0 aliphatic carbocycles. The second kappa shape index (κ2) is 8.20. The molecule has 19 heavy (non-hydrogen) atoms. The van der Waals surface area contributed by atoms with E-state index in [0.29, 0.717) is 24.7 Å². The summed E-state index contributed by atoms with van der Waals surface area (Å²) in [5.41, 5.74) is 0.541. The van der Waals surface area contributed by atoms with Crippen LogP contribution < -0.4 is 4.74 Å². The van der Waals surface area contributed by atoms with E-state index in [2.05, 4.69) is 29.8 Å². The smallest absolute Gasteiger partial charge is 0.338 e. The molecule has 106 valence electrons. The van der Waals surface area contributed by atoms with Crippen molar-refractivity contribution >= 4 is 21.9 Å². The van der Waals surface area contributed by atoms with Crippen LogP contribution in [0.1, 0.15) is 44.0 Å². The molecule has 0 saturated heterocycles. The van der Waals surface area contributed by atoms with Gasteiger partial charge in [-0.05, 0) is 52.9 Å². The van der Waals surface area contributed by atoms with Crippen molar-refractivity contribution in [3.05, 3.63) is 28.2 Å². The molecule has 0 aliphatic rings. The second-order valence-corrected chi connectivity index (χ2v) is 5.67. The van der Waals surface area contributed by atoms with Crippen LogP contribution in [0.15, 0.2) is 22.7 Å². The summed E-state index contributed by atoms with van der Waals surface area (Å²) in [7, 11) is 0. The minimum Gasteiger partial charge on any atom is -0.492 e. The Morgan fingerprint density at radius 1 is 1.32 bits per heavy atom. The molecule has 0 unspecified atom stereocenters. The van der Waals surface area contributed by atoms with Crippen molar-refractivity contribution in [3.63, 3.8) is 0 Å². The molecule has 0 aliphatic heterocycles. The van der Waals surface area contributed by atoms with Gasteiger partial charge in [0.1, 0.15) is 5.75 Å². The van der Waals surface area contributed by atoms with Crippen LogP contribution in [0.2, 0.25) is 0 Å². The number of esters is 1. The minimum absolute atomic E-state index is 0.289. The lowest BCUT2D eigenvalue weighted by Crippen LogP contribution is -2.08. The maximum absolute atomic E-state index is 11.8. The van der Waals surface area contributed by atoms with E-state index in [4.69, 9.17) is 9.47 Å². The van der Waals surface area contributed by atoms with Gasteiger partial charge in [-0.3, -0.25) is 0 Å². The molecular formula is C15H21BrO3. The maximum Gasteiger partial charge on any atom is 0.338 e. The Labute approximate surface area is 123 Å². The number of rotatable bonds is 7. The molecule has 0 bridgehead atoms. The molecule has 0 spiro atoms. The van der Waals surface area contributed by atoms with Gasteiger partial charge in [-0.15, -0.1) is 0 Å². The highest BCUT2D eigenvalue weighted by Gasteiger charge is 2.10. The molecular weight excluding hydrogens is 308 g/mol. The lowest BCUT2D eigenvalue weighted by Gasteiger charge is -2.09. The van der Waals surface area contributed by atoms with Crippen molar-refractivity contribution in [3.8, 4) is 5.75 Å². The van der Waals surface area contributed by atoms with Gasteiger partial charge in [0.15, 0.2) is 0 Å². The molecule has 0 fully saturated rings. The first-order valence-corrected chi connectivity index (χ1v) is 7.43. The van der Waals surface area contributed by atoms with E-state index in [0.717, 1.165) is 23.1 Å². The van der Waals surface area contributed by atoms with Crippen LogP contribution in [0.3, 0.4) is 0 Å². The molecule has 1 aromatic rings. The van der Waals surface area contributed by atoms with Crippen LogP contribution in [-0.4, -0.2) is 19.2 Å². The molecule has 0 amide bonds. The Balaban J connectivity index is 2.59. The van der Waals surface area contributed by atoms with E-state index in [1.54, 1.807) is 18.2 Å². The molecule has 0 atom stereocenters. The number of ether oxygens (including phenoxy) is 2. The first-order valence-electron chi connectivity index (χ1n) is 6.64. The van der Waals surface area contributed by atoms with Crippen LogP contribution in [0.5, 0.6) is 5.75 Å². The molecule has 3 nitrogen and oxygen atoms in total. The van der Waals surface area contributed by atoms with Gasteiger partial charge in [-0.2, -0.15) is 0 Å². The maximum atomic E-state index is 11.8. The van der Waals surface area contributed by atoms with Gasteiger partial charge in [0.2, 0.25) is 0 Å². The number of halogens is 1. The summed E-state index contributed by atoms with van der Waals surface area (Å²) < 4.78 is 11.5. The Morgan fingerprint density at radius 2 is 2.05 bits per heavy atom. The summed E-state index contributed by atoms with van der Waals surface area (Å²) >= 11 is 3.40. The fourth-order valence-electron chi connectivity index (χ4n) is 1.43. The highest BCUT2D eigenvalue weighted by atomic mass is 79.9. The molecule has 0 aromatic heterocycles. The zero-order valence-electron chi connectivity index (χ0n) is 11.7. The summed E-state index contributed by atoms with van der Waals surface area (Å²) in [6.07, 6.45) is 1.83. The highest BCUT2D eigenvalue weighted by molar-refractivity contribution is 9.10. The van der Waals surface area contributed by atoms with E-state index in [-0.39, 0.29) is 5.97 Å². The van der Waals surface area contributed by atoms with E-state index in [1.165, 1.54) is 0 Å². The number of hydrogen-bond acceptors (Lipinski definition) is 3. The average Bonchev–Trinajstić information content (AvgIpc) is 2.36. The fraction of sp³-hybridized carbons (Fsp3) is 0.533. The van der Waals surface area contributed by atoms with E-state index < -0.39 is 0 Å². The van der Waals surface area contributed by atoms with E-state index in [1.807, 2.05) is 6.92 Å². The van der Waals surface area contributed by atoms with Crippen molar-refractivity contribution in [1.82, 2.24) is 0 Å². The number of benzene rings is 1. The van der Waals surface area contributed by atoms with Crippen molar-refractivity contribution in [2.45, 2.75) is 33.6 Å². The van der Waals surface area contributed by atoms with Gasteiger partial charge >= 0.3 is 5.97 Å². The Kier molecular flexibility index (Phi) is 6.92. The monoisotopic (exact) mass is 328 g/mol. The lowest BCUT2D eigenvalue weighted by atomic mass is 10.1. The van der Waals surface area contributed by atoms with E-state index >= 15 is 0 Å². The molecule has 0 saturated carbocycles. The third-order valence-corrected chi connectivity index (χ3v) is 3.18. The van der Waals surface area contributed by atoms with Gasteiger partial charge in [-0.25, -0.2) is 4.79 Å². The second-order valence-electron chi connectivity index (χ2n) is 4.81.